The molecule has 0 radical (unpaired) electrons. The van der Waals surface area contributed by atoms with Crippen molar-refractivity contribution in [2.75, 3.05) is 32.7 Å². The van der Waals surface area contributed by atoms with Crippen LogP contribution in [0.5, 0.6) is 0 Å². The minimum atomic E-state index is -0.459. The van der Waals surface area contributed by atoms with Gasteiger partial charge < -0.3 is 10.2 Å². The highest BCUT2D eigenvalue weighted by molar-refractivity contribution is 6.00. The van der Waals surface area contributed by atoms with E-state index in [1.807, 2.05) is 27.8 Å². The summed E-state index contributed by atoms with van der Waals surface area (Å²) in [6.07, 6.45) is 3.81. The van der Waals surface area contributed by atoms with Crippen molar-refractivity contribution in [2.24, 2.45) is 0 Å². The number of benzene rings is 1. The summed E-state index contributed by atoms with van der Waals surface area (Å²) >= 11 is 0. The molecule has 2 aliphatic rings. The molecule has 1 unspecified atom stereocenters. The zero-order chi connectivity index (χ0) is 17.9. The van der Waals surface area contributed by atoms with Crippen LogP contribution in [-0.2, 0) is 17.8 Å². The number of fused-ring (bicyclic) bond motifs is 1. The molecule has 1 N–H and O–H groups in total. The molecule has 8 heteroatoms. The van der Waals surface area contributed by atoms with Crippen LogP contribution in [0.3, 0.4) is 0 Å². The first-order chi connectivity index (χ1) is 12.7. The van der Waals surface area contributed by atoms with Gasteiger partial charge >= 0.3 is 0 Å². The molecule has 3 heterocycles. The molecule has 0 bridgehead atoms. The Balaban J connectivity index is 1.30. The Kier molecular flexibility index (Phi) is 4.66. The van der Waals surface area contributed by atoms with Gasteiger partial charge in [-0.25, -0.2) is 4.98 Å². The number of rotatable bonds is 4. The van der Waals surface area contributed by atoms with Crippen LogP contribution in [0.1, 0.15) is 15.9 Å². The predicted octanol–water partition coefficient (Wildman–Crippen LogP) is -0.223. The van der Waals surface area contributed by atoms with Crippen LogP contribution in [-0.4, -0.2) is 75.1 Å². The number of carbonyl (C=O) groups excluding carboxylic acids is 2. The summed E-state index contributed by atoms with van der Waals surface area (Å²) in [7, 11) is 0. The molecule has 0 saturated carbocycles. The minimum absolute atomic E-state index is 0.0174. The van der Waals surface area contributed by atoms with Crippen molar-refractivity contribution in [2.45, 2.75) is 19.0 Å². The van der Waals surface area contributed by atoms with E-state index in [1.165, 1.54) is 6.33 Å². The number of aromatic nitrogens is 3. The second-order valence-corrected chi connectivity index (χ2v) is 6.71. The van der Waals surface area contributed by atoms with Crippen molar-refractivity contribution in [3.05, 3.63) is 48.0 Å². The normalized spacial score (nSPS) is 20.5. The summed E-state index contributed by atoms with van der Waals surface area (Å²) in [6, 6.07) is 7.03. The highest BCUT2D eigenvalue weighted by atomic mass is 16.2. The zero-order valence-electron chi connectivity index (χ0n) is 14.5. The fourth-order valence-electron chi connectivity index (χ4n) is 3.58. The van der Waals surface area contributed by atoms with Gasteiger partial charge in [-0.05, 0) is 11.6 Å². The molecule has 4 rings (SSSR count). The zero-order valence-corrected chi connectivity index (χ0v) is 14.5. The molecule has 1 aromatic heterocycles. The molecule has 136 valence electrons. The monoisotopic (exact) mass is 354 g/mol. The van der Waals surface area contributed by atoms with Crippen LogP contribution in [0.4, 0.5) is 0 Å². The Morgan fingerprint density at radius 3 is 2.73 bits per heavy atom. The molecule has 0 aliphatic carbocycles. The van der Waals surface area contributed by atoms with Gasteiger partial charge in [0.15, 0.2) is 0 Å². The molecular formula is C18H22N6O2. The van der Waals surface area contributed by atoms with Crippen LogP contribution >= 0.6 is 0 Å². The Morgan fingerprint density at radius 1 is 1.15 bits per heavy atom. The van der Waals surface area contributed by atoms with Crippen molar-refractivity contribution in [3.63, 3.8) is 0 Å². The lowest BCUT2D eigenvalue weighted by Gasteiger charge is -2.37. The van der Waals surface area contributed by atoms with Crippen LogP contribution in [0.25, 0.3) is 0 Å². The fourth-order valence-corrected chi connectivity index (χ4v) is 3.58. The van der Waals surface area contributed by atoms with Crippen molar-refractivity contribution >= 4 is 11.8 Å². The molecule has 1 saturated heterocycles. The maximum atomic E-state index is 12.8. The fraction of sp³-hybridized carbons (Fsp3) is 0.444. The Hall–Kier alpha value is -2.74. The van der Waals surface area contributed by atoms with E-state index in [0.29, 0.717) is 25.1 Å². The lowest BCUT2D eigenvalue weighted by Crippen LogP contribution is -2.57. The largest absolute Gasteiger partial charge is 0.340 e. The Bertz CT molecular complexity index is 783. The van der Waals surface area contributed by atoms with Crippen molar-refractivity contribution in [3.8, 4) is 0 Å². The summed E-state index contributed by atoms with van der Waals surface area (Å²) in [5, 5.41) is 6.97. The lowest BCUT2D eigenvalue weighted by atomic mass is 9.94. The second kappa shape index (κ2) is 7.25. The average molecular weight is 354 g/mol. The number of nitrogens with one attached hydrogen (secondary N) is 1. The molecule has 26 heavy (non-hydrogen) atoms. The molecule has 2 aromatic rings. The number of piperazine rings is 1. The van der Waals surface area contributed by atoms with Gasteiger partial charge in [0.1, 0.15) is 18.7 Å². The lowest BCUT2D eigenvalue weighted by molar-refractivity contribution is -0.135. The number of nitrogens with zero attached hydrogens (tertiary/aromatic N) is 5. The molecule has 8 nitrogen and oxygen atoms in total. The highest BCUT2D eigenvalue weighted by Crippen LogP contribution is 2.18. The topological polar surface area (TPSA) is 83.4 Å². The predicted molar refractivity (Wildman–Crippen MR) is 94.4 cm³/mol. The van der Waals surface area contributed by atoms with E-state index in [0.717, 1.165) is 31.7 Å². The second-order valence-electron chi connectivity index (χ2n) is 6.71. The van der Waals surface area contributed by atoms with Crippen molar-refractivity contribution in [1.82, 2.24) is 29.9 Å². The van der Waals surface area contributed by atoms with Crippen LogP contribution in [0, 0.1) is 0 Å². The standard InChI is InChI=1S/C18H22N6O2/c25-17-15-4-2-1-3-14(15)11-16(21-17)18(26)23-8-5-22(6-9-23)7-10-24-13-19-12-20-24/h1-4,12-13,16H,5-11H2,(H,21,25). The molecule has 2 amide bonds. The first-order valence-corrected chi connectivity index (χ1v) is 8.93. The number of carbonyl (C=O) groups is 2. The van der Waals surface area contributed by atoms with E-state index in [4.69, 9.17) is 0 Å². The van der Waals surface area contributed by atoms with Gasteiger partial charge in [0, 0.05) is 44.7 Å². The van der Waals surface area contributed by atoms with Crippen LogP contribution < -0.4 is 5.32 Å². The highest BCUT2D eigenvalue weighted by Gasteiger charge is 2.32. The van der Waals surface area contributed by atoms with E-state index in [1.54, 1.807) is 12.4 Å². The minimum Gasteiger partial charge on any atom is -0.340 e. The SMILES string of the molecule is O=C1NC(C(=O)N2CCN(CCn3cncn3)CC2)Cc2ccccc21. The molecule has 2 aliphatic heterocycles. The van der Waals surface area contributed by atoms with Gasteiger partial charge in [-0.2, -0.15) is 5.10 Å². The van der Waals surface area contributed by atoms with E-state index >= 15 is 0 Å². The Labute approximate surface area is 151 Å². The Morgan fingerprint density at radius 2 is 1.96 bits per heavy atom. The maximum Gasteiger partial charge on any atom is 0.252 e. The van der Waals surface area contributed by atoms with Gasteiger partial charge in [0.2, 0.25) is 5.91 Å². The summed E-state index contributed by atoms with van der Waals surface area (Å²) in [5.74, 6) is -0.138. The van der Waals surface area contributed by atoms with Gasteiger partial charge in [-0.1, -0.05) is 18.2 Å². The first kappa shape index (κ1) is 16.7. The summed E-state index contributed by atoms with van der Waals surface area (Å²) < 4.78 is 1.81. The summed E-state index contributed by atoms with van der Waals surface area (Å²) in [5.41, 5.74) is 1.62. The van der Waals surface area contributed by atoms with E-state index in [-0.39, 0.29) is 11.8 Å². The third-order valence-corrected chi connectivity index (χ3v) is 5.09. The van der Waals surface area contributed by atoms with Gasteiger partial charge in [0.05, 0.1) is 6.54 Å². The molecule has 0 spiro atoms. The molecule has 1 atom stereocenters. The smallest absolute Gasteiger partial charge is 0.252 e. The third kappa shape index (κ3) is 3.45. The average Bonchev–Trinajstić information content (AvgIpc) is 3.20. The van der Waals surface area contributed by atoms with Crippen molar-refractivity contribution < 1.29 is 9.59 Å². The third-order valence-electron chi connectivity index (χ3n) is 5.09. The van der Waals surface area contributed by atoms with Crippen molar-refractivity contribution in [1.29, 1.82) is 0 Å². The first-order valence-electron chi connectivity index (χ1n) is 8.93. The van der Waals surface area contributed by atoms with Gasteiger partial charge in [-0.15, -0.1) is 0 Å². The van der Waals surface area contributed by atoms with E-state index in [9.17, 15) is 9.59 Å². The quantitative estimate of drug-likeness (QED) is 0.821. The number of amides is 2. The summed E-state index contributed by atoms with van der Waals surface area (Å²) in [6.45, 7) is 4.71. The molecular weight excluding hydrogens is 332 g/mol. The number of hydrogen-bond acceptors (Lipinski definition) is 5. The van der Waals surface area contributed by atoms with Crippen LogP contribution in [0.15, 0.2) is 36.9 Å². The summed E-state index contributed by atoms with van der Waals surface area (Å²) in [4.78, 5) is 33.2. The van der Waals surface area contributed by atoms with E-state index in [2.05, 4.69) is 20.3 Å². The number of hydrogen-bond donors (Lipinski definition) is 1. The molecule has 1 aromatic carbocycles. The van der Waals surface area contributed by atoms with Gasteiger partial charge in [-0.3, -0.25) is 19.2 Å². The van der Waals surface area contributed by atoms with Gasteiger partial charge in [0.25, 0.3) is 5.91 Å². The maximum absolute atomic E-state index is 12.8. The van der Waals surface area contributed by atoms with Crippen LogP contribution in [0.2, 0.25) is 0 Å². The van der Waals surface area contributed by atoms with E-state index < -0.39 is 6.04 Å². The molecule has 1 fully saturated rings.